The zero-order chi connectivity index (χ0) is 25.3. The lowest BCUT2D eigenvalue weighted by atomic mass is 9.63. The molecule has 4 rings (SSSR count). The Bertz CT molecular complexity index is 1070. The number of hydrogen-bond acceptors (Lipinski definition) is 3. The highest BCUT2D eigenvalue weighted by Gasteiger charge is 2.65. The van der Waals surface area contributed by atoms with Crippen LogP contribution >= 0.6 is 23.2 Å². The molecule has 1 spiro atoms. The second-order valence-electron chi connectivity index (χ2n) is 10.3. The molecule has 3 aliphatic rings. The summed E-state index contributed by atoms with van der Waals surface area (Å²) in [6.07, 6.45) is 12.3. The van der Waals surface area contributed by atoms with Crippen molar-refractivity contribution in [3.05, 3.63) is 64.2 Å². The van der Waals surface area contributed by atoms with E-state index in [0.717, 1.165) is 30.4 Å². The van der Waals surface area contributed by atoms with Crippen LogP contribution in [0.1, 0.15) is 51.0 Å². The normalized spacial score (nSPS) is 29.0. The van der Waals surface area contributed by atoms with Crippen LogP contribution in [-0.2, 0) is 15.0 Å². The van der Waals surface area contributed by atoms with Crippen molar-refractivity contribution >= 4 is 40.7 Å². The number of nitrogens with zero attached hydrogens (tertiary/aromatic N) is 1. The number of hydrogen-bond donors (Lipinski definition) is 2. The number of allylic oxidation sites excluding steroid dienone is 4. The monoisotopic (exact) mass is 515 g/mol. The maximum atomic E-state index is 14.0. The molecule has 1 saturated heterocycles. The van der Waals surface area contributed by atoms with Gasteiger partial charge in [-0.25, -0.2) is 0 Å². The molecule has 2 aliphatic heterocycles. The molecule has 2 amide bonds. The zero-order valence-electron chi connectivity index (χ0n) is 20.7. The maximum Gasteiger partial charge on any atom is 0.239 e. The fourth-order valence-electron chi connectivity index (χ4n) is 6.32. The van der Waals surface area contributed by atoms with Crippen molar-refractivity contribution in [2.45, 2.75) is 62.9 Å². The molecule has 0 aromatic heterocycles. The summed E-state index contributed by atoms with van der Waals surface area (Å²) >= 11 is 12.3. The maximum absolute atomic E-state index is 14.0. The van der Waals surface area contributed by atoms with E-state index in [0.29, 0.717) is 21.7 Å². The predicted octanol–water partition coefficient (Wildman–Crippen LogP) is 5.80. The molecule has 1 aromatic carbocycles. The van der Waals surface area contributed by atoms with E-state index in [4.69, 9.17) is 23.2 Å². The molecular weight excluding hydrogens is 481 g/mol. The average Bonchev–Trinajstić information content (AvgIpc) is 3.28. The van der Waals surface area contributed by atoms with E-state index in [1.54, 1.807) is 38.1 Å². The van der Waals surface area contributed by atoms with Gasteiger partial charge in [-0.15, -0.1) is 0 Å². The minimum atomic E-state index is -0.963. The molecule has 188 valence electrons. The number of fused-ring (bicyclic) bond motifs is 2. The number of carbonyl (C=O) groups is 2. The minimum Gasteiger partial charge on any atom is -0.347 e. The SMILES string of the molecule is C=C(/C=C\C=C(/C)Cl)[C@H]1[C@H](C(=O)N(C)C)N[C@H](CC2CCCCC2)[C@]12C(=O)Nc1cc(Cl)ccc12. The minimum absolute atomic E-state index is 0.0608. The Morgan fingerprint density at radius 1 is 1.26 bits per heavy atom. The number of carbonyl (C=O) groups excluding carboxylic acids is 2. The fourth-order valence-corrected chi connectivity index (χ4v) is 6.57. The van der Waals surface area contributed by atoms with Crippen LogP contribution in [0.5, 0.6) is 0 Å². The lowest BCUT2D eigenvalue weighted by Gasteiger charge is -2.37. The Kier molecular flexibility index (Phi) is 7.80. The summed E-state index contributed by atoms with van der Waals surface area (Å²) in [5.74, 6) is -0.106. The van der Waals surface area contributed by atoms with Crippen molar-refractivity contribution in [3.63, 3.8) is 0 Å². The first-order valence-corrected chi connectivity index (χ1v) is 13.2. The third kappa shape index (κ3) is 4.83. The Labute approximate surface area is 218 Å². The van der Waals surface area contributed by atoms with Crippen molar-refractivity contribution in [2.75, 3.05) is 19.4 Å². The predicted molar refractivity (Wildman–Crippen MR) is 144 cm³/mol. The van der Waals surface area contributed by atoms with Crippen LogP contribution in [0.15, 0.2) is 53.6 Å². The Hall–Kier alpha value is -2.08. The molecule has 5 nitrogen and oxygen atoms in total. The number of likely N-dealkylation sites (N-methyl/N-ethyl adjacent to an activating group) is 1. The molecule has 4 atom stereocenters. The van der Waals surface area contributed by atoms with Gasteiger partial charge < -0.3 is 15.5 Å². The van der Waals surface area contributed by atoms with Gasteiger partial charge >= 0.3 is 0 Å². The average molecular weight is 517 g/mol. The van der Waals surface area contributed by atoms with Gasteiger partial charge in [0.2, 0.25) is 11.8 Å². The third-order valence-electron chi connectivity index (χ3n) is 7.84. The molecular formula is C28H35Cl2N3O2. The van der Waals surface area contributed by atoms with Gasteiger partial charge in [-0.2, -0.15) is 0 Å². The summed E-state index contributed by atoms with van der Waals surface area (Å²) in [5, 5.41) is 7.95. The van der Waals surface area contributed by atoms with E-state index in [1.807, 2.05) is 24.3 Å². The molecule has 1 saturated carbocycles. The van der Waals surface area contributed by atoms with E-state index in [2.05, 4.69) is 17.2 Å². The van der Waals surface area contributed by atoms with Crippen molar-refractivity contribution in [3.8, 4) is 0 Å². The van der Waals surface area contributed by atoms with E-state index in [9.17, 15) is 9.59 Å². The first-order valence-electron chi connectivity index (χ1n) is 12.4. The van der Waals surface area contributed by atoms with E-state index < -0.39 is 17.4 Å². The molecule has 1 aliphatic carbocycles. The highest BCUT2D eigenvalue weighted by Crippen LogP contribution is 2.55. The first kappa shape index (κ1) is 26.0. The van der Waals surface area contributed by atoms with Gasteiger partial charge in [0.25, 0.3) is 0 Å². The third-order valence-corrected chi connectivity index (χ3v) is 8.20. The van der Waals surface area contributed by atoms with Gasteiger partial charge in [0.05, 0.1) is 6.04 Å². The molecule has 7 heteroatoms. The van der Waals surface area contributed by atoms with Gasteiger partial charge in [-0.3, -0.25) is 9.59 Å². The number of rotatable bonds is 6. The highest BCUT2D eigenvalue weighted by atomic mass is 35.5. The topological polar surface area (TPSA) is 61.4 Å². The van der Waals surface area contributed by atoms with Crippen molar-refractivity contribution in [1.82, 2.24) is 10.2 Å². The number of amides is 2. The molecule has 2 N–H and O–H groups in total. The molecule has 1 aromatic rings. The van der Waals surface area contributed by atoms with Gasteiger partial charge in [0.1, 0.15) is 5.41 Å². The summed E-state index contributed by atoms with van der Waals surface area (Å²) in [4.78, 5) is 29.1. The summed E-state index contributed by atoms with van der Waals surface area (Å²) in [5.41, 5.74) is 1.36. The molecule has 0 unspecified atom stereocenters. The van der Waals surface area contributed by atoms with Crippen LogP contribution in [-0.4, -0.2) is 42.9 Å². The number of nitrogens with one attached hydrogen (secondary N) is 2. The summed E-state index contributed by atoms with van der Waals surface area (Å²) in [6, 6.07) is 4.79. The fraction of sp³-hybridized carbons (Fsp3) is 0.500. The molecule has 2 heterocycles. The van der Waals surface area contributed by atoms with Crippen LogP contribution in [0.2, 0.25) is 5.02 Å². The molecule has 35 heavy (non-hydrogen) atoms. The van der Waals surface area contributed by atoms with Crippen molar-refractivity contribution in [2.24, 2.45) is 11.8 Å². The van der Waals surface area contributed by atoms with Gasteiger partial charge in [-0.1, -0.05) is 80.1 Å². The molecule has 2 fully saturated rings. The smallest absolute Gasteiger partial charge is 0.239 e. The van der Waals surface area contributed by atoms with E-state index in [-0.39, 0.29) is 17.9 Å². The van der Waals surface area contributed by atoms with Crippen LogP contribution in [0.25, 0.3) is 0 Å². The van der Waals surface area contributed by atoms with E-state index in [1.165, 1.54) is 19.3 Å². The lowest BCUT2D eigenvalue weighted by Crippen LogP contribution is -2.50. The number of benzene rings is 1. The number of halogens is 2. The van der Waals surface area contributed by atoms with Crippen molar-refractivity contribution in [1.29, 1.82) is 0 Å². The first-order chi connectivity index (χ1) is 16.7. The quantitative estimate of drug-likeness (QED) is 0.470. The Morgan fingerprint density at radius 2 is 1.97 bits per heavy atom. The summed E-state index contributed by atoms with van der Waals surface area (Å²) in [6.45, 7) is 6.18. The van der Waals surface area contributed by atoms with Crippen molar-refractivity contribution < 1.29 is 9.59 Å². The second kappa shape index (κ2) is 10.5. The highest BCUT2D eigenvalue weighted by molar-refractivity contribution is 6.31. The Balaban J connectivity index is 1.87. The lowest BCUT2D eigenvalue weighted by molar-refractivity contribution is -0.131. The zero-order valence-corrected chi connectivity index (χ0v) is 22.3. The van der Waals surface area contributed by atoms with Crippen LogP contribution in [0.4, 0.5) is 5.69 Å². The van der Waals surface area contributed by atoms with E-state index >= 15 is 0 Å². The van der Waals surface area contributed by atoms with Crippen LogP contribution < -0.4 is 10.6 Å². The Morgan fingerprint density at radius 3 is 2.63 bits per heavy atom. The summed E-state index contributed by atoms with van der Waals surface area (Å²) in [7, 11) is 3.51. The van der Waals surface area contributed by atoms with Gasteiger partial charge in [-0.05, 0) is 48.6 Å². The molecule has 0 radical (unpaired) electrons. The second-order valence-corrected chi connectivity index (χ2v) is 11.4. The summed E-state index contributed by atoms with van der Waals surface area (Å²) < 4.78 is 0. The van der Waals surface area contributed by atoms with Gasteiger partial charge in [0.15, 0.2) is 0 Å². The standard InChI is InChI=1S/C28H35Cl2N3O2/c1-17(9-8-10-18(2)29)24-25(26(34)33(3)4)32-23(15-19-11-6-5-7-12-19)28(24)21-14-13-20(30)16-22(21)31-27(28)35/h8-10,13-14,16,19,23-25,32H,1,5-7,11-12,15H2,2-4H3,(H,31,35)/b9-8-,18-10+/t23-,24+,25-,28+/m1/s1. The van der Waals surface area contributed by atoms with Gasteiger partial charge in [0, 0.05) is 41.8 Å². The van der Waals surface area contributed by atoms with Crippen LogP contribution in [0, 0.1) is 11.8 Å². The molecule has 0 bridgehead atoms. The largest absolute Gasteiger partial charge is 0.347 e. The number of anilines is 1. The van der Waals surface area contributed by atoms with Crippen LogP contribution in [0.3, 0.4) is 0 Å².